The van der Waals surface area contributed by atoms with Crippen LogP contribution in [0.15, 0.2) is 24.3 Å². The summed E-state index contributed by atoms with van der Waals surface area (Å²) in [6, 6.07) is 8.04. The Morgan fingerprint density at radius 3 is 2.67 bits per heavy atom. The molecule has 0 aliphatic carbocycles. The number of rotatable bonds is 7. The summed E-state index contributed by atoms with van der Waals surface area (Å²) in [5, 5.41) is 6.42. The molecule has 134 valence electrons. The molecule has 1 aromatic rings. The van der Waals surface area contributed by atoms with E-state index in [1.54, 1.807) is 0 Å². The van der Waals surface area contributed by atoms with Crippen LogP contribution >= 0.6 is 0 Å². The van der Waals surface area contributed by atoms with Crippen molar-refractivity contribution in [3.05, 3.63) is 29.8 Å². The van der Waals surface area contributed by atoms with Gasteiger partial charge < -0.3 is 20.1 Å². The Morgan fingerprint density at radius 1 is 1.38 bits per heavy atom. The van der Waals surface area contributed by atoms with Crippen molar-refractivity contribution in [1.29, 1.82) is 0 Å². The first kappa shape index (κ1) is 18.7. The second-order valence-corrected chi connectivity index (χ2v) is 7.33. The van der Waals surface area contributed by atoms with Crippen molar-refractivity contribution in [2.75, 3.05) is 26.4 Å². The minimum Gasteiger partial charge on any atom is -0.493 e. The molecule has 1 atom stereocenters. The first-order valence-corrected chi connectivity index (χ1v) is 8.72. The lowest BCUT2D eigenvalue weighted by molar-refractivity contribution is -0.124. The Balaban J connectivity index is 1.89. The van der Waals surface area contributed by atoms with Gasteiger partial charge in [-0.15, -0.1) is 0 Å². The molecule has 5 heteroatoms. The van der Waals surface area contributed by atoms with Crippen LogP contribution in [0.1, 0.15) is 39.7 Å². The number of carbonyl (C=O) groups excluding carboxylic acids is 1. The van der Waals surface area contributed by atoms with E-state index in [1.165, 1.54) is 0 Å². The Labute approximate surface area is 145 Å². The third kappa shape index (κ3) is 5.80. The maximum Gasteiger partial charge on any atom is 0.222 e. The highest BCUT2D eigenvalue weighted by molar-refractivity contribution is 5.77. The minimum absolute atomic E-state index is 0.0307. The van der Waals surface area contributed by atoms with Crippen LogP contribution in [-0.2, 0) is 15.1 Å². The van der Waals surface area contributed by atoms with Gasteiger partial charge in [0.2, 0.25) is 5.91 Å². The number of hydrogen-bond acceptors (Lipinski definition) is 4. The average Bonchev–Trinajstić information content (AvgIpc) is 2.53. The second kappa shape index (κ2) is 8.49. The van der Waals surface area contributed by atoms with Crippen molar-refractivity contribution < 1.29 is 14.3 Å². The van der Waals surface area contributed by atoms with Crippen LogP contribution in [0.2, 0.25) is 0 Å². The number of hydrogen-bond donors (Lipinski definition) is 2. The van der Waals surface area contributed by atoms with Crippen LogP contribution in [-0.4, -0.2) is 38.3 Å². The molecule has 0 spiro atoms. The van der Waals surface area contributed by atoms with Gasteiger partial charge in [0.15, 0.2) is 0 Å². The van der Waals surface area contributed by atoms with Crippen molar-refractivity contribution in [2.45, 2.75) is 45.7 Å². The average molecular weight is 334 g/mol. The van der Waals surface area contributed by atoms with E-state index in [-0.39, 0.29) is 11.9 Å². The lowest BCUT2D eigenvalue weighted by Gasteiger charge is -2.29. The molecule has 0 radical (unpaired) electrons. The normalized spacial score (nSPS) is 18.5. The Kier molecular flexibility index (Phi) is 6.63. The fraction of sp³-hybridized carbons (Fsp3) is 0.632. The molecule has 0 saturated carbocycles. The smallest absolute Gasteiger partial charge is 0.222 e. The molecule has 1 amide bonds. The molecule has 0 aromatic heterocycles. The summed E-state index contributed by atoms with van der Waals surface area (Å²) >= 11 is 0. The summed E-state index contributed by atoms with van der Waals surface area (Å²) < 4.78 is 11.1. The van der Waals surface area contributed by atoms with E-state index in [9.17, 15) is 4.79 Å². The van der Waals surface area contributed by atoms with Crippen molar-refractivity contribution in [3.8, 4) is 5.75 Å². The van der Waals surface area contributed by atoms with Gasteiger partial charge in [0, 0.05) is 19.0 Å². The number of nitrogens with one attached hydrogen (secondary N) is 2. The first-order valence-electron chi connectivity index (χ1n) is 8.72. The number of ether oxygens (including phenoxy) is 2. The van der Waals surface area contributed by atoms with Crippen LogP contribution in [0, 0.1) is 5.92 Å². The molecule has 1 unspecified atom stereocenters. The Bertz CT molecular complexity index is 520. The topological polar surface area (TPSA) is 59.6 Å². The molecule has 5 nitrogen and oxygen atoms in total. The highest BCUT2D eigenvalue weighted by Crippen LogP contribution is 2.23. The summed E-state index contributed by atoms with van der Waals surface area (Å²) in [4.78, 5) is 12.3. The van der Waals surface area contributed by atoms with E-state index in [0.29, 0.717) is 25.6 Å². The SMILES string of the molecule is CC(C)COc1ccc(C(C)(C)NC(=O)CC2COCCN2)cc1. The summed E-state index contributed by atoms with van der Waals surface area (Å²) in [5.74, 6) is 1.39. The quantitative estimate of drug-likeness (QED) is 0.804. The maximum atomic E-state index is 12.3. The third-order valence-electron chi connectivity index (χ3n) is 4.04. The van der Waals surface area contributed by atoms with Gasteiger partial charge in [-0.1, -0.05) is 26.0 Å². The van der Waals surface area contributed by atoms with E-state index < -0.39 is 5.54 Å². The zero-order valence-electron chi connectivity index (χ0n) is 15.2. The molecule has 0 bridgehead atoms. The molecule has 2 N–H and O–H groups in total. The zero-order chi connectivity index (χ0) is 17.6. The van der Waals surface area contributed by atoms with E-state index in [2.05, 4.69) is 24.5 Å². The van der Waals surface area contributed by atoms with Crippen molar-refractivity contribution >= 4 is 5.91 Å². The van der Waals surface area contributed by atoms with Crippen LogP contribution in [0.5, 0.6) is 5.75 Å². The van der Waals surface area contributed by atoms with Gasteiger partial charge in [-0.25, -0.2) is 0 Å². The molecule has 2 rings (SSSR count). The fourth-order valence-electron chi connectivity index (χ4n) is 2.68. The number of morpholine rings is 1. The Morgan fingerprint density at radius 2 is 2.08 bits per heavy atom. The van der Waals surface area contributed by atoms with Crippen molar-refractivity contribution in [1.82, 2.24) is 10.6 Å². The highest BCUT2D eigenvalue weighted by Gasteiger charge is 2.25. The molecular weight excluding hydrogens is 304 g/mol. The summed E-state index contributed by atoms with van der Waals surface area (Å²) in [6.07, 6.45) is 0.430. The molecule has 24 heavy (non-hydrogen) atoms. The first-order chi connectivity index (χ1) is 11.4. The number of benzene rings is 1. The van der Waals surface area contributed by atoms with E-state index in [1.807, 2.05) is 38.1 Å². The van der Waals surface area contributed by atoms with Crippen LogP contribution in [0.25, 0.3) is 0 Å². The third-order valence-corrected chi connectivity index (χ3v) is 4.04. The van der Waals surface area contributed by atoms with Crippen LogP contribution in [0.4, 0.5) is 0 Å². The minimum atomic E-state index is -0.427. The van der Waals surface area contributed by atoms with Gasteiger partial charge in [0.25, 0.3) is 0 Å². The van der Waals surface area contributed by atoms with Gasteiger partial charge >= 0.3 is 0 Å². The van der Waals surface area contributed by atoms with Crippen molar-refractivity contribution in [3.63, 3.8) is 0 Å². The van der Waals surface area contributed by atoms with E-state index in [4.69, 9.17) is 9.47 Å². The second-order valence-electron chi connectivity index (χ2n) is 7.33. The lowest BCUT2D eigenvalue weighted by Crippen LogP contribution is -2.47. The molecule has 1 aliphatic heterocycles. The molecule has 1 heterocycles. The molecule has 1 aliphatic rings. The zero-order valence-corrected chi connectivity index (χ0v) is 15.2. The fourth-order valence-corrected chi connectivity index (χ4v) is 2.68. The van der Waals surface area contributed by atoms with Gasteiger partial charge in [-0.05, 0) is 37.5 Å². The number of amides is 1. The molecule has 1 saturated heterocycles. The summed E-state index contributed by atoms with van der Waals surface area (Å²) in [7, 11) is 0. The maximum absolute atomic E-state index is 12.3. The standard InChI is InChI=1S/C19H30N2O3/c1-14(2)12-24-17-7-5-15(6-8-17)19(3,4)21-18(22)11-16-13-23-10-9-20-16/h5-8,14,16,20H,9-13H2,1-4H3,(H,21,22). The van der Waals surface area contributed by atoms with Gasteiger partial charge in [-0.2, -0.15) is 0 Å². The summed E-state index contributed by atoms with van der Waals surface area (Å²) in [5.41, 5.74) is 0.629. The van der Waals surface area contributed by atoms with Crippen LogP contribution < -0.4 is 15.4 Å². The van der Waals surface area contributed by atoms with Gasteiger partial charge in [0.1, 0.15) is 5.75 Å². The lowest BCUT2D eigenvalue weighted by atomic mass is 9.93. The van der Waals surface area contributed by atoms with E-state index in [0.717, 1.165) is 24.5 Å². The number of carbonyl (C=O) groups is 1. The Hall–Kier alpha value is -1.59. The molecular formula is C19H30N2O3. The van der Waals surface area contributed by atoms with E-state index >= 15 is 0 Å². The van der Waals surface area contributed by atoms with Crippen molar-refractivity contribution in [2.24, 2.45) is 5.92 Å². The molecule has 1 aromatic carbocycles. The predicted molar refractivity (Wildman–Crippen MR) is 95.2 cm³/mol. The monoisotopic (exact) mass is 334 g/mol. The highest BCUT2D eigenvalue weighted by atomic mass is 16.5. The van der Waals surface area contributed by atoms with Crippen LogP contribution in [0.3, 0.4) is 0 Å². The van der Waals surface area contributed by atoms with Gasteiger partial charge in [0.05, 0.1) is 25.4 Å². The largest absolute Gasteiger partial charge is 0.493 e. The predicted octanol–water partition coefficient (Wildman–Crippen LogP) is 2.45. The van der Waals surface area contributed by atoms with Gasteiger partial charge in [-0.3, -0.25) is 4.79 Å². The molecule has 1 fully saturated rings. The summed E-state index contributed by atoms with van der Waals surface area (Å²) in [6.45, 7) is 11.1.